The number of halogens is 1. The van der Waals surface area contributed by atoms with E-state index in [2.05, 4.69) is 0 Å². The number of hydrogen-bond donors (Lipinski definition) is 0. The lowest BCUT2D eigenvalue weighted by Crippen LogP contribution is -2.17. The summed E-state index contributed by atoms with van der Waals surface area (Å²) in [4.78, 5) is 33.6. The number of alkyl halides is 1. The van der Waals surface area contributed by atoms with Gasteiger partial charge in [-0.2, -0.15) is 0 Å². The molecule has 1 aromatic rings. The number of hydrogen-bond acceptors (Lipinski definition) is 5. The van der Waals surface area contributed by atoms with Crippen LogP contribution in [0.25, 0.3) is 6.08 Å². The highest BCUT2D eigenvalue weighted by Crippen LogP contribution is 2.16. The fourth-order valence-electron chi connectivity index (χ4n) is 1.57. The van der Waals surface area contributed by atoms with Crippen molar-refractivity contribution in [3.05, 3.63) is 45.5 Å². The van der Waals surface area contributed by atoms with Crippen molar-refractivity contribution >= 4 is 34.9 Å². The Labute approximate surface area is 126 Å². The van der Waals surface area contributed by atoms with Crippen LogP contribution in [0.1, 0.15) is 12.5 Å². The molecule has 0 N–H and O–H groups in total. The lowest BCUT2D eigenvalue weighted by Gasteiger charge is -2.04. The molecule has 0 radical (unpaired) electrons. The van der Waals surface area contributed by atoms with Crippen LogP contribution in [0.3, 0.4) is 0 Å². The van der Waals surface area contributed by atoms with E-state index in [1.165, 1.54) is 31.2 Å². The van der Waals surface area contributed by atoms with Gasteiger partial charge in [-0.3, -0.25) is 19.7 Å². The summed E-state index contributed by atoms with van der Waals surface area (Å²) in [6.45, 7) is 1.20. The Hall–Kier alpha value is -2.05. The van der Waals surface area contributed by atoms with Gasteiger partial charge in [-0.25, -0.2) is 0 Å². The first kappa shape index (κ1) is 17.0. The highest BCUT2D eigenvalue weighted by atomic mass is 35.5. The molecule has 1 rings (SSSR count). The third-order valence-electron chi connectivity index (χ3n) is 2.53. The molecule has 112 valence electrons. The molecule has 7 heteroatoms. The van der Waals surface area contributed by atoms with Crippen LogP contribution in [0.4, 0.5) is 5.69 Å². The maximum atomic E-state index is 11.9. The summed E-state index contributed by atoms with van der Waals surface area (Å²) in [6.07, 6.45) is 1.32. The summed E-state index contributed by atoms with van der Waals surface area (Å²) >= 11 is 5.42. The molecule has 0 amide bonds. The third kappa shape index (κ3) is 5.45. The zero-order chi connectivity index (χ0) is 15.8. The van der Waals surface area contributed by atoms with E-state index in [-0.39, 0.29) is 30.4 Å². The van der Waals surface area contributed by atoms with Gasteiger partial charge in [0.15, 0.2) is 11.6 Å². The fraction of sp³-hybridized carbons (Fsp3) is 0.286. The molecule has 0 aliphatic carbocycles. The number of Topliss-reactive ketones (excluding diaryl/α,β-unsaturated/α-hetero) is 2. The van der Waals surface area contributed by atoms with Crippen molar-refractivity contribution in [2.45, 2.75) is 6.92 Å². The van der Waals surface area contributed by atoms with Crippen LogP contribution in [-0.2, 0) is 14.3 Å². The molecular formula is C14H14ClNO5. The van der Waals surface area contributed by atoms with Crippen LogP contribution >= 0.6 is 11.6 Å². The van der Waals surface area contributed by atoms with Gasteiger partial charge in [0.2, 0.25) is 0 Å². The zero-order valence-corrected chi connectivity index (χ0v) is 12.1. The van der Waals surface area contributed by atoms with Gasteiger partial charge in [-0.15, -0.1) is 11.6 Å². The minimum atomic E-state index is -0.545. The van der Waals surface area contributed by atoms with Gasteiger partial charge >= 0.3 is 0 Å². The second-order valence-electron chi connectivity index (χ2n) is 4.13. The molecular weight excluding hydrogens is 298 g/mol. The smallest absolute Gasteiger partial charge is 0.270 e. The summed E-state index contributed by atoms with van der Waals surface area (Å²) in [7, 11) is 0. The van der Waals surface area contributed by atoms with Gasteiger partial charge in [0.1, 0.15) is 6.61 Å². The molecule has 6 nitrogen and oxygen atoms in total. The topological polar surface area (TPSA) is 86.5 Å². The van der Waals surface area contributed by atoms with Crippen LogP contribution in [0.2, 0.25) is 0 Å². The van der Waals surface area contributed by atoms with Gasteiger partial charge in [-0.1, -0.05) is 12.1 Å². The Kier molecular flexibility index (Phi) is 6.71. The lowest BCUT2D eigenvalue weighted by molar-refractivity contribution is -0.384. The van der Waals surface area contributed by atoms with E-state index in [1.807, 2.05) is 0 Å². The largest absolute Gasteiger partial charge is 0.372 e. The molecule has 0 unspecified atom stereocenters. The minimum absolute atomic E-state index is 0.0647. The first-order valence-electron chi connectivity index (χ1n) is 6.09. The Morgan fingerprint density at radius 2 is 2.14 bits per heavy atom. The predicted molar refractivity (Wildman–Crippen MR) is 78.3 cm³/mol. The first-order chi connectivity index (χ1) is 9.95. The highest BCUT2D eigenvalue weighted by Gasteiger charge is 2.15. The van der Waals surface area contributed by atoms with E-state index in [0.29, 0.717) is 5.56 Å². The van der Waals surface area contributed by atoms with Gasteiger partial charge in [0, 0.05) is 18.0 Å². The molecule has 0 aromatic heterocycles. The molecule has 0 spiro atoms. The molecule has 0 bridgehead atoms. The minimum Gasteiger partial charge on any atom is -0.372 e. The average molecular weight is 312 g/mol. The molecule has 0 saturated carbocycles. The maximum absolute atomic E-state index is 11.9. The van der Waals surface area contributed by atoms with E-state index in [4.69, 9.17) is 16.3 Å². The molecule has 0 fully saturated rings. The van der Waals surface area contributed by atoms with Crippen LogP contribution in [0, 0.1) is 10.1 Å². The second-order valence-corrected chi connectivity index (χ2v) is 4.51. The van der Waals surface area contributed by atoms with Gasteiger partial charge in [0.25, 0.3) is 5.69 Å². The standard InChI is InChI=1S/C14H14ClNO5/c1-10(17)13(14(18)9-21-6-5-15)8-11-3-2-4-12(7-11)16(19)20/h2-4,7-8H,5-6,9H2,1H3. The summed E-state index contributed by atoms with van der Waals surface area (Å²) in [5, 5.41) is 10.7. The Morgan fingerprint density at radius 3 is 2.71 bits per heavy atom. The first-order valence-corrected chi connectivity index (χ1v) is 6.63. The highest BCUT2D eigenvalue weighted by molar-refractivity contribution is 6.23. The SMILES string of the molecule is CC(=O)C(=Cc1cccc([N+](=O)[O-])c1)C(=O)COCCCl. The number of nitro benzene ring substituents is 1. The summed E-state index contributed by atoms with van der Waals surface area (Å²) in [5.74, 6) is -0.669. The van der Waals surface area contributed by atoms with E-state index in [9.17, 15) is 19.7 Å². The number of benzene rings is 1. The maximum Gasteiger partial charge on any atom is 0.270 e. The van der Waals surface area contributed by atoms with Crippen molar-refractivity contribution in [2.75, 3.05) is 19.1 Å². The van der Waals surface area contributed by atoms with Crippen molar-refractivity contribution in [1.82, 2.24) is 0 Å². The molecule has 1 aromatic carbocycles. The molecule has 21 heavy (non-hydrogen) atoms. The summed E-state index contributed by atoms with van der Waals surface area (Å²) < 4.78 is 4.99. The van der Waals surface area contributed by atoms with Crippen LogP contribution in [0.15, 0.2) is 29.8 Å². The Bertz CT molecular complexity index is 582. The third-order valence-corrected chi connectivity index (χ3v) is 2.68. The quantitative estimate of drug-likeness (QED) is 0.140. The molecule has 0 aliphatic heterocycles. The molecule has 0 heterocycles. The number of ketones is 2. The Balaban J connectivity index is 2.99. The summed E-state index contributed by atoms with van der Waals surface area (Å²) in [6, 6.07) is 5.67. The number of non-ortho nitro benzene ring substituents is 1. The van der Waals surface area contributed by atoms with E-state index in [1.54, 1.807) is 6.07 Å². The predicted octanol–water partition coefficient (Wildman–Crippen LogP) is 2.39. The number of rotatable bonds is 8. The van der Waals surface area contributed by atoms with Crippen LogP contribution in [0.5, 0.6) is 0 Å². The number of nitrogens with zero attached hydrogens (tertiary/aromatic N) is 1. The van der Waals surface area contributed by atoms with Crippen molar-refractivity contribution in [3.8, 4) is 0 Å². The molecule has 0 saturated heterocycles. The molecule has 0 atom stereocenters. The molecule has 0 aliphatic rings. The van der Waals surface area contributed by atoms with E-state index >= 15 is 0 Å². The monoisotopic (exact) mass is 311 g/mol. The zero-order valence-electron chi connectivity index (χ0n) is 11.4. The van der Waals surface area contributed by atoms with E-state index < -0.39 is 16.5 Å². The van der Waals surface area contributed by atoms with E-state index in [0.717, 1.165) is 0 Å². The Morgan fingerprint density at radius 1 is 1.43 bits per heavy atom. The van der Waals surface area contributed by atoms with Crippen molar-refractivity contribution < 1.29 is 19.2 Å². The number of carbonyl (C=O) groups is 2. The van der Waals surface area contributed by atoms with Crippen LogP contribution in [-0.4, -0.2) is 35.6 Å². The van der Waals surface area contributed by atoms with Crippen molar-refractivity contribution in [2.24, 2.45) is 0 Å². The van der Waals surface area contributed by atoms with Gasteiger partial charge < -0.3 is 4.74 Å². The normalized spacial score (nSPS) is 11.2. The van der Waals surface area contributed by atoms with Crippen molar-refractivity contribution in [1.29, 1.82) is 0 Å². The fourth-order valence-corrected chi connectivity index (χ4v) is 1.68. The summed E-state index contributed by atoms with van der Waals surface area (Å²) in [5.41, 5.74) is 0.225. The number of carbonyl (C=O) groups excluding carboxylic acids is 2. The van der Waals surface area contributed by atoms with Crippen molar-refractivity contribution in [3.63, 3.8) is 0 Å². The second kappa shape index (κ2) is 8.28. The van der Waals surface area contributed by atoms with Gasteiger partial charge in [0.05, 0.1) is 17.1 Å². The average Bonchev–Trinajstić information content (AvgIpc) is 2.44. The lowest BCUT2D eigenvalue weighted by atomic mass is 10.0. The van der Waals surface area contributed by atoms with Gasteiger partial charge in [-0.05, 0) is 18.6 Å². The number of ether oxygens (including phenoxy) is 1. The van der Waals surface area contributed by atoms with Crippen LogP contribution < -0.4 is 0 Å². The number of nitro groups is 1.